The van der Waals surface area contributed by atoms with Gasteiger partial charge in [-0.25, -0.2) is 0 Å². The summed E-state index contributed by atoms with van der Waals surface area (Å²) >= 11 is 5.07. The number of hydrogen-bond donors (Lipinski definition) is 4. The van der Waals surface area contributed by atoms with Gasteiger partial charge in [-0.05, 0) is 43.4 Å². The third-order valence-corrected chi connectivity index (χ3v) is 3.33. The number of ether oxygens (including phenoxy) is 1. The molecule has 0 saturated carbocycles. The van der Waals surface area contributed by atoms with Crippen LogP contribution in [0.5, 0.6) is 5.75 Å². The highest BCUT2D eigenvalue weighted by Gasteiger charge is 2.12. The molecule has 0 aliphatic rings. The molecular weight excluding hydrogens is 352 g/mol. The van der Waals surface area contributed by atoms with Crippen LogP contribution >= 0.6 is 12.2 Å². The summed E-state index contributed by atoms with van der Waals surface area (Å²) in [6.07, 6.45) is -0.360. The van der Waals surface area contributed by atoms with Crippen molar-refractivity contribution in [3.8, 4) is 5.75 Å². The maximum atomic E-state index is 12.0. The number of anilines is 2. The van der Waals surface area contributed by atoms with Crippen molar-refractivity contribution in [2.75, 3.05) is 17.2 Å². The standard InChI is InChI=1S/C18H20N4O3S/c1-2-25-15-11-7-6-10-14(15)20-16(23)12-17(24)21-22-18(26)19-13-8-4-3-5-9-13/h3-11H,2,12H2,1H3,(H,20,23)(H,21,24)(H2,19,22,26). The average Bonchev–Trinajstić information content (AvgIpc) is 2.63. The fourth-order valence-electron chi connectivity index (χ4n) is 2.05. The first-order valence-electron chi connectivity index (χ1n) is 8.01. The van der Waals surface area contributed by atoms with Gasteiger partial charge < -0.3 is 15.4 Å². The molecule has 0 radical (unpaired) electrons. The minimum atomic E-state index is -0.520. The molecule has 0 spiro atoms. The van der Waals surface area contributed by atoms with Crippen LogP contribution < -0.4 is 26.2 Å². The Morgan fingerprint density at radius 2 is 1.62 bits per heavy atom. The Morgan fingerprint density at radius 1 is 0.923 bits per heavy atom. The van der Waals surface area contributed by atoms with E-state index in [1.807, 2.05) is 37.3 Å². The molecule has 0 heterocycles. The van der Waals surface area contributed by atoms with Crippen LogP contribution in [0, 0.1) is 0 Å². The first-order valence-corrected chi connectivity index (χ1v) is 8.42. The zero-order chi connectivity index (χ0) is 18.8. The zero-order valence-corrected chi connectivity index (χ0v) is 15.1. The van der Waals surface area contributed by atoms with Gasteiger partial charge in [0.05, 0.1) is 12.3 Å². The number of para-hydroxylation sites is 3. The molecule has 2 aromatic carbocycles. The van der Waals surface area contributed by atoms with E-state index in [4.69, 9.17) is 17.0 Å². The van der Waals surface area contributed by atoms with Gasteiger partial charge in [-0.3, -0.25) is 20.4 Å². The lowest BCUT2D eigenvalue weighted by atomic mass is 10.2. The molecule has 0 bridgehead atoms. The van der Waals surface area contributed by atoms with Crippen LogP contribution in [0.1, 0.15) is 13.3 Å². The van der Waals surface area contributed by atoms with Crippen LogP contribution in [0.3, 0.4) is 0 Å². The van der Waals surface area contributed by atoms with E-state index in [1.54, 1.807) is 24.3 Å². The van der Waals surface area contributed by atoms with E-state index in [-0.39, 0.29) is 11.5 Å². The van der Waals surface area contributed by atoms with E-state index < -0.39 is 11.8 Å². The number of carbonyl (C=O) groups excluding carboxylic acids is 2. The van der Waals surface area contributed by atoms with E-state index >= 15 is 0 Å². The first-order chi connectivity index (χ1) is 12.6. The number of hydrazine groups is 1. The summed E-state index contributed by atoms with van der Waals surface area (Å²) < 4.78 is 5.43. The molecule has 0 unspecified atom stereocenters. The van der Waals surface area contributed by atoms with E-state index in [0.717, 1.165) is 5.69 Å². The normalized spacial score (nSPS) is 9.73. The molecule has 8 heteroatoms. The molecule has 2 rings (SSSR count). The molecule has 0 saturated heterocycles. The van der Waals surface area contributed by atoms with Crippen LogP contribution in [-0.4, -0.2) is 23.5 Å². The number of carbonyl (C=O) groups is 2. The van der Waals surface area contributed by atoms with E-state index in [0.29, 0.717) is 18.0 Å². The second kappa shape index (κ2) is 10.00. The number of thiocarbonyl (C=S) groups is 1. The summed E-state index contributed by atoms with van der Waals surface area (Å²) in [6.45, 7) is 2.33. The van der Waals surface area contributed by atoms with Gasteiger partial charge in [-0.15, -0.1) is 0 Å². The number of amides is 2. The first kappa shape index (κ1) is 19.2. The van der Waals surface area contributed by atoms with Gasteiger partial charge >= 0.3 is 0 Å². The summed E-state index contributed by atoms with van der Waals surface area (Å²) in [5, 5.41) is 5.77. The third-order valence-electron chi connectivity index (χ3n) is 3.13. The highest BCUT2D eigenvalue weighted by atomic mass is 32.1. The number of rotatable bonds is 6. The molecule has 0 fully saturated rings. The van der Waals surface area contributed by atoms with Gasteiger partial charge in [0.2, 0.25) is 11.8 Å². The fraction of sp³-hybridized carbons (Fsp3) is 0.167. The topological polar surface area (TPSA) is 91.5 Å². The number of benzene rings is 2. The third kappa shape index (κ3) is 6.40. The summed E-state index contributed by atoms with van der Waals surface area (Å²) in [6, 6.07) is 16.3. The molecular formula is C18H20N4O3S. The van der Waals surface area contributed by atoms with E-state index in [9.17, 15) is 9.59 Å². The van der Waals surface area contributed by atoms with Crippen LogP contribution in [0.2, 0.25) is 0 Å². The molecule has 2 amide bonds. The SMILES string of the molecule is CCOc1ccccc1NC(=O)CC(=O)NNC(=S)Nc1ccccc1. The van der Waals surface area contributed by atoms with Crippen molar-refractivity contribution in [3.63, 3.8) is 0 Å². The van der Waals surface area contributed by atoms with Crippen molar-refractivity contribution in [3.05, 3.63) is 54.6 Å². The van der Waals surface area contributed by atoms with E-state index in [1.165, 1.54) is 0 Å². The molecule has 0 atom stereocenters. The van der Waals surface area contributed by atoms with Gasteiger partial charge in [0.25, 0.3) is 0 Å². The Kier molecular flexibility index (Phi) is 7.38. The lowest BCUT2D eigenvalue weighted by Crippen LogP contribution is -2.44. The monoisotopic (exact) mass is 372 g/mol. The molecule has 7 nitrogen and oxygen atoms in total. The lowest BCUT2D eigenvalue weighted by molar-refractivity contribution is -0.127. The second-order valence-electron chi connectivity index (χ2n) is 5.15. The second-order valence-corrected chi connectivity index (χ2v) is 5.56. The van der Waals surface area contributed by atoms with Crippen LogP contribution in [0.4, 0.5) is 11.4 Å². The minimum absolute atomic E-state index is 0.214. The number of nitrogens with one attached hydrogen (secondary N) is 4. The van der Waals surface area contributed by atoms with Crippen LogP contribution in [0.25, 0.3) is 0 Å². The Balaban J connectivity index is 1.77. The van der Waals surface area contributed by atoms with Crippen molar-refractivity contribution < 1.29 is 14.3 Å². The fourth-order valence-corrected chi connectivity index (χ4v) is 2.21. The van der Waals surface area contributed by atoms with Crippen molar-refractivity contribution in [2.45, 2.75) is 13.3 Å². The Hall–Kier alpha value is -3.13. The summed E-state index contributed by atoms with van der Waals surface area (Å²) in [7, 11) is 0. The number of hydrogen-bond acceptors (Lipinski definition) is 4. The summed E-state index contributed by atoms with van der Waals surface area (Å²) in [4.78, 5) is 23.9. The maximum absolute atomic E-state index is 12.0. The molecule has 0 aliphatic carbocycles. The van der Waals surface area contributed by atoms with Crippen molar-refractivity contribution in [1.29, 1.82) is 0 Å². The van der Waals surface area contributed by atoms with Gasteiger partial charge in [-0.2, -0.15) is 0 Å². The van der Waals surface area contributed by atoms with Crippen LogP contribution in [0.15, 0.2) is 54.6 Å². The molecule has 2 aromatic rings. The minimum Gasteiger partial charge on any atom is -0.492 e. The van der Waals surface area contributed by atoms with Crippen molar-refractivity contribution >= 4 is 40.5 Å². The maximum Gasteiger partial charge on any atom is 0.247 e. The summed E-state index contributed by atoms with van der Waals surface area (Å²) in [5.74, 6) is -0.429. The average molecular weight is 372 g/mol. The predicted octanol–water partition coefficient (Wildman–Crippen LogP) is 2.43. The largest absolute Gasteiger partial charge is 0.492 e. The Bertz CT molecular complexity index is 768. The van der Waals surface area contributed by atoms with Crippen LogP contribution in [-0.2, 0) is 9.59 Å². The molecule has 0 aliphatic heterocycles. The summed E-state index contributed by atoms with van der Waals surface area (Å²) in [5.41, 5.74) is 6.22. The Labute approximate surface area is 157 Å². The predicted molar refractivity (Wildman–Crippen MR) is 105 cm³/mol. The molecule has 26 heavy (non-hydrogen) atoms. The molecule has 4 N–H and O–H groups in total. The van der Waals surface area contributed by atoms with Gasteiger partial charge in [-0.1, -0.05) is 30.3 Å². The quantitative estimate of drug-likeness (QED) is 0.354. The van der Waals surface area contributed by atoms with Gasteiger partial charge in [0, 0.05) is 5.69 Å². The van der Waals surface area contributed by atoms with Gasteiger partial charge in [0.1, 0.15) is 12.2 Å². The smallest absolute Gasteiger partial charge is 0.247 e. The van der Waals surface area contributed by atoms with Crippen molar-refractivity contribution in [1.82, 2.24) is 10.9 Å². The highest BCUT2D eigenvalue weighted by Crippen LogP contribution is 2.23. The zero-order valence-electron chi connectivity index (χ0n) is 14.2. The Morgan fingerprint density at radius 3 is 2.35 bits per heavy atom. The lowest BCUT2D eigenvalue weighted by Gasteiger charge is -2.13. The highest BCUT2D eigenvalue weighted by molar-refractivity contribution is 7.80. The van der Waals surface area contributed by atoms with E-state index in [2.05, 4.69) is 21.5 Å². The molecule has 0 aromatic heterocycles. The van der Waals surface area contributed by atoms with Crippen molar-refractivity contribution in [2.24, 2.45) is 0 Å². The van der Waals surface area contributed by atoms with Gasteiger partial charge in [0.15, 0.2) is 5.11 Å². The molecule has 136 valence electrons.